The van der Waals surface area contributed by atoms with E-state index in [4.69, 9.17) is 4.74 Å². The topological polar surface area (TPSA) is 21.3 Å². The highest BCUT2D eigenvalue weighted by molar-refractivity contribution is 6.05. The minimum atomic E-state index is 0.801. The summed E-state index contributed by atoms with van der Waals surface area (Å²) >= 11 is 0. The van der Waals surface area contributed by atoms with Gasteiger partial charge in [-0.2, -0.15) is 0 Å². The summed E-state index contributed by atoms with van der Waals surface area (Å²) in [5, 5.41) is 8.32. The van der Waals surface area contributed by atoms with Crippen LogP contribution >= 0.6 is 0 Å². The molecule has 0 spiro atoms. The maximum atomic E-state index is 6.28. The largest absolute Gasteiger partial charge is 0.492 e. The van der Waals surface area contributed by atoms with E-state index in [0.29, 0.717) is 0 Å². The zero-order valence-corrected chi connectivity index (χ0v) is 16.0. The molecule has 3 rings (SSSR count). The van der Waals surface area contributed by atoms with Crippen molar-refractivity contribution in [3.05, 3.63) is 54.6 Å². The van der Waals surface area contributed by atoms with Gasteiger partial charge in [0.15, 0.2) is 0 Å². The molecule has 0 fully saturated rings. The molecule has 0 bridgehead atoms. The highest BCUT2D eigenvalue weighted by Gasteiger charge is 2.08. The van der Waals surface area contributed by atoms with Crippen molar-refractivity contribution in [1.29, 1.82) is 0 Å². The second kappa shape index (κ2) is 10.2. The van der Waals surface area contributed by atoms with Gasteiger partial charge in [0.05, 0.1) is 6.61 Å². The average Bonchev–Trinajstić information content (AvgIpc) is 2.68. The van der Waals surface area contributed by atoms with Crippen LogP contribution in [-0.2, 0) is 0 Å². The Labute approximate surface area is 157 Å². The molecule has 2 nitrogen and oxygen atoms in total. The summed E-state index contributed by atoms with van der Waals surface area (Å²) in [7, 11) is 0. The summed E-state index contributed by atoms with van der Waals surface area (Å²) in [5.41, 5.74) is 0. The third-order valence-electron chi connectivity index (χ3n) is 4.97. The average molecular weight is 350 g/mol. The molecule has 26 heavy (non-hydrogen) atoms. The summed E-state index contributed by atoms with van der Waals surface area (Å²) in [6, 6.07) is 19.3. The van der Waals surface area contributed by atoms with Gasteiger partial charge in [-0.25, -0.2) is 0 Å². The molecule has 0 aromatic heterocycles. The molecule has 1 N–H and O–H groups in total. The number of nitrogens with one attached hydrogen (secondary N) is 1. The summed E-state index contributed by atoms with van der Waals surface area (Å²) in [6.45, 7) is 5.21. The smallest absolute Gasteiger partial charge is 0.134 e. The second-order valence-electron chi connectivity index (χ2n) is 6.97. The van der Waals surface area contributed by atoms with Crippen LogP contribution in [0.5, 0.6) is 5.75 Å². The summed E-state index contributed by atoms with van der Waals surface area (Å²) < 4.78 is 6.28. The number of fused-ring (bicyclic) bond motifs is 2. The van der Waals surface area contributed by atoms with Crippen LogP contribution in [-0.4, -0.2) is 19.7 Å². The minimum absolute atomic E-state index is 0.801. The van der Waals surface area contributed by atoms with E-state index in [1.165, 1.54) is 53.6 Å². The predicted octanol–water partition coefficient (Wildman–Crippen LogP) is 6.32. The van der Waals surface area contributed by atoms with Crippen LogP contribution < -0.4 is 10.1 Å². The van der Waals surface area contributed by atoms with Gasteiger partial charge in [0.1, 0.15) is 5.75 Å². The van der Waals surface area contributed by atoms with E-state index in [9.17, 15) is 0 Å². The lowest BCUT2D eigenvalue weighted by Crippen LogP contribution is -2.13. The van der Waals surface area contributed by atoms with E-state index in [1.807, 2.05) is 0 Å². The van der Waals surface area contributed by atoms with Crippen molar-refractivity contribution in [3.8, 4) is 5.75 Å². The van der Waals surface area contributed by atoms with Gasteiger partial charge in [0.2, 0.25) is 0 Å². The Morgan fingerprint density at radius 1 is 0.731 bits per heavy atom. The molecule has 0 amide bonds. The third-order valence-corrected chi connectivity index (χ3v) is 4.97. The Kier molecular flexibility index (Phi) is 7.33. The first kappa shape index (κ1) is 18.7. The predicted molar refractivity (Wildman–Crippen MR) is 113 cm³/mol. The highest BCUT2D eigenvalue weighted by Crippen LogP contribution is 2.34. The van der Waals surface area contributed by atoms with Crippen LogP contribution in [0.2, 0.25) is 0 Å². The Morgan fingerprint density at radius 3 is 1.96 bits per heavy atom. The lowest BCUT2D eigenvalue weighted by atomic mass is 10.0. The fraction of sp³-hybridized carbons (Fsp3) is 0.417. The van der Waals surface area contributed by atoms with Crippen molar-refractivity contribution in [2.45, 2.75) is 45.4 Å². The first-order chi connectivity index (χ1) is 12.9. The first-order valence-electron chi connectivity index (χ1n) is 10.1. The maximum Gasteiger partial charge on any atom is 0.134 e. The molecule has 2 heteroatoms. The summed E-state index contributed by atoms with van der Waals surface area (Å²) in [4.78, 5) is 0. The zero-order chi connectivity index (χ0) is 18.0. The van der Waals surface area contributed by atoms with Crippen LogP contribution in [0.1, 0.15) is 45.4 Å². The quantitative estimate of drug-likeness (QED) is 0.323. The number of hydrogen-bond donors (Lipinski definition) is 1. The van der Waals surface area contributed by atoms with Crippen LogP contribution in [0.3, 0.4) is 0 Å². The molecule has 0 saturated heterocycles. The van der Waals surface area contributed by atoms with Gasteiger partial charge < -0.3 is 10.1 Å². The van der Waals surface area contributed by atoms with E-state index in [0.717, 1.165) is 31.9 Å². The van der Waals surface area contributed by atoms with Crippen molar-refractivity contribution >= 4 is 21.5 Å². The van der Waals surface area contributed by atoms with Gasteiger partial charge in [-0.05, 0) is 42.8 Å². The molecule has 0 atom stereocenters. The van der Waals surface area contributed by atoms with E-state index < -0.39 is 0 Å². The molecule has 138 valence electrons. The van der Waals surface area contributed by atoms with Gasteiger partial charge in [-0.3, -0.25) is 0 Å². The zero-order valence-electron chi connectivity index (χ0n) is 16.0. The van der Waals surface area contributed by atoms with Gasteiger partial charge in [-0.1, -0.05) is 81.1 Å². The van der Waals surface area contributed by atoms with Crippen molar-refractivity contribution in [2.75, 3.05) is 19.7 Å². The van der Waals surface area contributed by atoms with Crippen molar-refractivity contribution in [1.82, 2.24) is 5.32 Å². The van der Waals surface area contributed by atoms with Gasteiger partial charge in [0.25, 0.3) is 0 Å². The number of rotatable bonds is 11. The van der Waals surface area contributed by atoms with Crippen molar-refractivity contribution in [3.63, 3.8) is 0 Å². The van der Waals surface area contributed by atoms with E-state index in [2.05, 4.69) is 66.8 Å². The number of unbranched alkanes of at least 4 members (excludes halogenated alkanes) is 5. The highest BCUT2D eigenvalue weighted by atomic mass is 16.5. The number of benzene rings is 3. The molecular weight excluding hydrogens is 318 g/mol. The summed E-state index contributed by atoms with van der Waals surface area (Å²) in [5.74, 6) is 1.05. The molecule has 0 saturated carbocycles. The summed E-state index contributed by atoms with van der Waals surface area (Å²) in [6.07, 6.45) is 7.66. The standard InChI is InChI=1S/C24H31NO/c1-2-25-17-11-5-3-4-6-12-18-26-24-22-15-9-7-13-20(22)19-21-14-8-10-16-23(21)24/h7-10,13-16,19,25H,2-6,11-12,17-18H2,1H3. The van der Waals surface area contributed by atoms with E-state index in [-0.39, 0.29) is 0 Å². The Balaban J connectivity index is 1.52. The lowest BCUT2D eigenvalue weighted by Gasteiger charge is -2.13. The Bertz CT molecular complexity index is 758. The minimum Gasteiger partial charge on any atom is -0.492 e. The molecule has 0 aliphatic carbocycles. The molecule has 0 radical (unpaired) electrons. The molecule has 0 aliphatic rings. The normalized spacial score (nSPS) is 11.3. The van der Waals surface area contributed by atoms with Crippen LogP contribution in [0.15, 0.2) is 54.6 Å². The third kappa shape index (κ3) is 4.98. The molecule has 0 aliphatic heterocycles. The van der Waals surface area contributed by atoms with Crippen molar-refractivity contribution < 1.29 is 4.74 Å². The van der Waals surface area contributed by atoms with E-state index >= 15 is 0 Å². The Morgan fingerprint density at radius 2 is 1.31 bits per heavy atom. The second-order valence-corrected chi connectivity index (χ2v) is 6.97. The lowest BCUT2D eigenvalue weighted by molar-refractivity contribution is 0.311. The Hall–Kier alpha value is -2.06. The van der Waals surface area contributed by atoms with Crippen LogP contribution in [0.25, 0.3) is 21.5 Å². The van der Waals surface area contributed by atoms with Gasteiger partial charge in [0, 0.05) is 10.8 Å². The first-order valence-corrected chi connectivity index (χ1v) is 10.1. The number of ether oxygens (including phenoxy) is 1. The SMILES string of the molecule is CCNCCCCCCCCOc1c2ccccc2cc2ccccc12. The van der Waals surface area contributed by atoms with Crippen LogP contribution in [0, 0.1) is 0 Å². The molecule has 0 heterocycles. The van der Waals surface area contributed by atoms with Gasteiger partial charge >= 0.3 is 0 Å². The fourth-order valence-corrected chi connectivity index (χ4v) is 3.54. The molecule has 0 unspecified atom stereocenters. The van der Waals surface area contributed by atoms with Gasteiger partial charge in [-0.15, -0.1) is 0 Å². The van der Waals surface area contributed by atoms with E-state index in [1.54, 1.807) is 0 Å². The molecular formula is C24H31NO. The maximum absolute atomic E-state index is 6.28. The van der Waals surface area contributed by atoms with Crippen LogP contribution in [0.4, 0.5) is 0 Å². The monoisotopic (exact) mass is 349 g/mol. The fourth-order valence-electron chi connectivity index (χ4n) is 3.54. The molecule has 3 aromatic rings. The number of hydrogen-bond acceptors (Lipinski definition) is 2. The van der Waals surface area contributed by atoms with Crippen molar-refractivity contribution in [2.24, 2.45) is 0 Å². The molecule has 3 aromatic carbocycles.